The van der Waals surface area contributed by atoms with Gasteiger partial charge in [0.15, 0.2) is 12.4 Å². The highest BCUT2D eigenvalue weighted by Gasteiger charge is 2.47. The van der Waals surface area contributed by atoms with Crippen molar-refractivity contribution < 1.29 is 49.3 Å². The van der Waals surface area contributed by atoms with Crippen molar-refractivity contribution in [3.63, 3.8) is 0 Å². The molecular formula is C81H155NO10. The molecule has 1 rings (SSSR count). The molecule has 8 unspecified atom stereocenters. The van der Waals surface area contributed by atoms with Gasteiger partial charge in [-0.2, -0.15) is 0 Å². The molecule has 1 amide bonds. The standard InChI is InChI=1S/C81H155NO10/c1-4-7-10-13-16-19-22-25-27-29-31-33-35-37-38-39-41-43-45-47-49-51-54-57-60-63-66-69-76(86)92-79-78(88)77(87)75(70-83)91-81(79)90-71-72(73(84)67-64-61-58-55-52-24-21-18-15-12-9-6-3)82-80(89)74(85)68-65-62-59-56-53-50-48-46-44-42-40-36-34-32-30-28-26-23-20-17-14-11-8-5-2/h26,28,64,67,72-75,77-79,81,83-85,87-88H,4-25,27,29-63,65-66,68-71H2,1-3H3,(H,82,89)/b28-26+,67-64+. The molecule has 0 aromatic heterocycles. The van der Waals surface area contributed by atoms with Crippen molar-refractivity contribution >= 4 is 11.9 Å². The van der Waals surface area contributed by atoms with Gasteiger partial charge in [-0.1, -0.05) is 385 Å². The summed E-state index contributed by atoms with van der Waals surface area (Å²) >= 11 is 0. The second kappa shape index (κ2) is 69.1. The van der Waals surface area contributed by atoms with Crippen molar-refractivity contribution in [1.82, 2.24) is 5.32 Å². The molecule has 6 N–H and O–H groups in total. The van der Waals surface area contributed by atoms with Crippen LogP contribution in [0.15, 0.2) is 24.3 Å². The Morgan fingerprint density at radius 1 is 0.413 bits per heavy atom. The van der Waals surface area contributed by atoms with Gasteiger partial charge < -0.3 is 45.1 Å². The topological polar surface area (TPSA) is 175 Å². The first-order chi connectivity index (χ1) is 45.2. The molecule has 92 heavy (non-hydrogen) atoms. The molecular weight excluding hydrogens is 1150 g/mol. The highest BCUT2D eigenvalue weighted by Crippen LogP contribution is 2.27. The summed E-state index contributed by atoms with van der Waals surface area (Å²) in [6.07, 6.45) is 75.3. The van der Waals surface area contributed by atoms with Crippen LogP contribution in [-0.4, -0.2) is 99.6 Å². The number of aliphatic hydroxyl groups excluding tert-OH is 5. The van der Waals surface area contributed by atoms with Crippen LogP contribution in [0.2, 0.25) is 0 Å². The molecule has 1 aliphatic rings. The second-order valence-electron chi connectivity index (χ2n) is 28.5. The minimum atomic E-state index is -1.61. The van der Waals surface area contributed by atoms with E-state index in [1.807, 2.05) is 6.08 Å². The van der Waals surface area contributed by atoms with Gasteiger partial charge in [-0.3, -0.25) is 9.59 Å². The van der Waals surface area contributed by atoms with E-state index in [0.29, 0.717) is 19.3 Å². The van der Waals surface area contributed by atoms with Crippen molar-refractivity contribution in [2.45, 2.75) is 468 Å². The molecule has 1 saturated heterocycles. The third-order valence-electron chi connectivity index (χ3n) is 19.6. The van der Waals surface area contributed by atoms with Crippen LogP contribution in [0.4, 0.5) is 0 Å². The van der Waals surface area contributed by atoms with Crippen LogP contribution < -0.4 is 5.32 Å². The maximum absolute atomic E-state index is 13.5. The number of carbonyl (C=O) groups excluding carboxylic acids is 2. The number of ether oxygens (including phenoxy) is 3. The van der Waals surface area contributed by atoms with E-state index in [2.05, 4.69) is 38.2 Å². The lowest BCUT2D eigenvalue weighted by Crippen LogP contribution is -2.61. The summed E-state index contributed by atoms with van der Waals surface area (Å²) in [4.78, 5) is 26.8. The minimum Gasteiger partial charge on any atom is -0.454 e. The lowest BCUT2D eigenvalue weighted by molar-refractivity contribution is -0.305. The number of allylic oxidation sites excluding steroid dienone is 3. The molecule has 0 bridgehead atoms. The molecule has 544 valence electrons. The average Bonchev–Trinajstić information content (AvgIpc) is 0.928. The molecule has 11 nitrogen and oxygen atoms in total. The fourth-order valence-electron chi connectivity index (χ4n) is 13.2. The summed E-state index contributed by atoms with van der Waals surface area (Å²) < 4.78 is 17.8. The molecule has 0 aliphatic carbocycles. The zero-order chi connectivity index (χ0) is 66.7. The van der Waals surface area contributed by atoms with Crippen molar-refractivity contribution in [2.75, 3.05) is 13.2 Å². The summed E-state index contributed by atoms with van der Waals surface area (Å²) in [6.45, 7) is 5.87. The van der Waals surface area contributed by atoms with Crippen molar-refractivity contribution in [2.24, 2.45) is 0 Å². The molecule has 0 aromatic carbocycles. The van der Waals surface area contributed by atoms with Crippen LogP contribution in [0.25, 0.3) is 0 Å². The van der Waals surface area contributed by atoms with E-state index in [9.17, 15) is 35.1 Å². The van der Waals surface area contributed by atoms with E-state index in [1.165, 1.54) is 315 Å². The molecule has 0 aromatic rings. The van der Waals surface area contributed by atoms with Gasteiger partial charge >= 0.3 is 5.97 Å². The first-order valence-electron chi connectivity index (χ1n) is 40.6. The lowest BCUT2D eigenvalue weighted by atomic mass is 9.99. The fraction of sp³-hybridized carbons (Fsp3) is 0.926. The van der Waals surface area contributed by atoms with Crippen LogP contribution in [0.3, 0.4) is 0 Å². The second-order valence-corrected chi connectivity index (χ2v) is 28.5. The molecule has 0 radical (unpaired) electrons. The molecule has 0 spiro atoms. The average molecular weight is 1300 g/mol. The Morgan fingerprint density at radius 2 is 0.717 bits per heavy atom. The largest absolute Gasteiger partial charge is 0.454 e. The fourth-order valence-corrected chi connectivity index (χ4v) is 13.2. The van der Waals surface area contributed by atoms with E-state index in [-0.39, 0.29) is 13.0 Å². The van der Waals surface area contributed by atoms with Crippen molar-refractivity contribution in [1.29, 1.82) is 0 Å². The number of unbranched alkanes of at least 4 members (excludes halogenated alkanes) is 56. The first-order valence-corrected chi connectivity index (χ1v) is 40.6. The Hall–Kier alpha value is -1.86. The van der Waals surface area contributed by atoms with Crippen LogP contribution in [0.1, 0.15) is 419 Å². The predicted octanol–water partition coefficient (Wildman–Crippen LogP) is 21.9. The molecule has 0 saturated carbocycles. The highest BCUT2D eigenvalue weighted by molar-refractivity contribution is 5.80. The van der Waals surface area contributed by atoms with Gasteiger partial charge in [0.1, 0.15) is 24.4 Å². The number of amides is 1. The van der Waals surface area contributed by atoms with Crippen LogP contribution in [0.5, 0.6) is 0 Å². The van der Waals surface area contributed by atoms with E-state index in [1.54, 1.807) is 6.08 Å². The number of esters is 1. The van der Waals surface area contributed by atoms with Gasteiger partial charge in [0.25, 0.3) is 0 Å². The summed E-state index contributed by atoms with van der Waals surface area (Å²) in [7, 11) is 0. The molecule has 1 heterocycles. The number of hydrogen-bond donors (Lipinski definition) is 6. The van der Waals surface area contributed by atoms with Gasteiger partial charge in [-0.15, -0.1) is 0 Å². The zero-order valence-corrected chi connectivity index (χ0v) is 61.0. The zero-order valence-electron chi connectivity index (χ0n) is 61.0. The molecule has 8 atom stereocenters. The number of hydrogen-bond acceptors (Lipinski definition) is 10. The number of rotatable bonds is 72. The summed E-state index contributed by atoms with van der Waals surface area (Å²) in [6, 6.07) is -1.02. The third kappa shape index (κ3) is 55.2. The SMILES string of the molecule is CCCCCCCC/C=C/CCCCCCCCCCCCCCCCC(O)C(=O)NC(COC1OC(CO)C(O)C(O)C1OC(=O)CCCCCCCCCCCCCCCCCCCCCCCCCCCCC)C(O)/C=C/CCCCCCCCCCCC. The highest BCUT2D eigenvalue weighted by atomic mass is 16.7. The van der Waals surface area contributed by atoms with Crippen LogP contribution in [-0.2, 0) is 23.8 Å². The first kappa shape index (κ1) is 88.2. The number of carbonyl (C=O) groups is 2. The number of nitrogens with one attached hydrogen (secondary N) is 1. The van der Waals surface area contributed by atoms with Gasteiger partial charge in [0.2, 0.25) is 5.91 Å². The van der Waals surface area contributed by atoms with Gasteiger partial charge in [-0.05, 0) is 51.4 Å². The van der Waals surface area contributed by atoms with Crippen molar-refractivity contribution in [3.05, 3.63) is 24.3 Å². The van der Waals surface area contributed by atoms with Crippen LogP contribution in [0, 0.1) is 0 Å². The van der Waals surface area contributed by atoms with Gasteiger partial charge in [-0.25, -0.2) is 0 Å². The number of aliphatic hydroxyl groups is 5. The van der Waals surface area contributed by atoms with E-state index in [4.69, 9.17) is 14.2 Å². The Balaban J connectivity index is 2.46. The molecule has 11 heteroatoms. The van der Waals surface area contributed by atoms with E-state index >= 15 is 0 Å². The Kier molecular flexibility index (Phi) is 66.2. The van der Waals surface area contributed by atoms with Crippen molar-refractivity contribution in [3.8, 4) is 0 Å². The Bertz CT molecular complexity index is 1600. The molecule has 1 fully saturated rings. The monoisotopic (exact) mass is 1300 g/mol. The van der Waals surface area contributed by atoms with E-state index in [0.717, 1.165) is 57.8 Å². The smallest absolute Gasteiger partial charge is 0.306 e. The normalized spacial score (nSPS) is 17.9. The van der Waals surface area contributed by atoms with E-state index < -0.39 is 67.4 Å². The maximum atomic E-state index is 13.5. The lowest BCUT2D eigenvalue weighted by Gasteiger charge is -2.41. The predicted molar refractivity (Wildman–Crippen MR) is 389 cm³/mol. The molecule has 1 aliphatic heterocycles. The minimum absolute atomic E-state index is 0.131. The Labute approximate surface area is 569 Å². The maximum Gasteiger partial charge on any atom is 0.306 e. The van der Waals surface area contributed by atoms with Gasteiger partial charge in [0, 0.05) is 6.42 Å². The summed E-state index contributed by atoms with van der Waals surface area (Å²) in [5.41, 5.74) is 0. The summed E-state index contributed by atoms with van der Waals surface area (Å²) in [5.74, 6) is -1.17. The third-order valence-corrected chi connectivity index (χ3v) is 19.6. The summed E-state index contributed by atoms with van der Waals surface area (Å²) in [5, 5.41) is 57.4. The van der Waals surface area contributed by atoms with Gasteiger partial charge in [0.05, 0.1) is 25.4 Å². The Morgan fingerprint density at radius 3 is 1.05 bits per heavy atom. The quantitative estimate of drug-likeness (QED) is 0.0195. The van der Waals surface area contributed by atoms with Crippen LogP contribution >= 0.6 is 0 Å².